The number of esters is 1. The molecule has 0 bridgehead atoms. The van der Waals surface area contributed by atoms with Gasteiger partial charge >= 0.3 is 5.97 Å². The van der Waals surface area contributed by atoms with Gasteiger partial charge in [0.15, 0.2) is 6.61 Å². The molecule has 0 amide bonds. The topological polar surface area (TPSA) is 75.0 Å². The molecule has 51 heavy (non-hydrogen) atoms. The Hall–Kier alpha value is -3.54. The van der Waals surface area contributed by atoms with E-state index in [0.29, 0.717) is 39.0 Å². The van der Waals surface area contributed by atoms with Gasteiger partial charge in [-0.25, -0.2) is 4.79 Å². The number of benzene rings is 2. The van der Waals surface area contributed by atoms with Crippen molar-refractivity contribution in [3.05, 3.63) is 70.6 Å². The van der Waals surface area contributed by atoms with Crippen LogP contribution in [0.1, 0.15) is 105 Å². The number of hydrogen-bond acceptors (Lipinski definition) is 6. The van der Waals surface area contributed by atoms with Crippen LogP contribution in [-0.2, 0) is 9.53 Å². The SMILES string of the molecule is COc1ccccc1-c1coc2cc(OCC(=O)O[C@@H]3CC[C@@]4(C)C(=CC[C@H]5[C@@H]6CC[C@H]([C@H](C)CCCC(C)C)[C@@]6(C)CC[C@@H]54)C3)ccc2c1=O. The van der Waals surface area contributed by atoms with Crippen molar-refractivity contribution in [1.29, 1.82) is 0 Å². The first kappa shape index (κ1) is 35.8. The van der Waals surface area contributed by atoms with Crippen LogP contribution in [0.25, 0.3) is 22.1 Å². The molecule has 1 aromatic heterocycles. The summed E-state index contributed by atoms with van der Waals surface area (Å²) < 4.78 is 23.2. The largest absolute Gasteiger partial charge is 0.496 e. The molecular weight excluding hydrogens is 636 g/mol. The molecule has 8 atom stereocenters. The number of hydrogen-bond donors (Lipinski definition) is 0. The summed E-state index contributed by atoms with van der Waals surface area (Å²) in [5.74, 6) is 5.57. The van der Waals surface area contributed by atoms with Crippen molar-refractivity contribution in [2.75, 3.05) is 13.7 Å². The predicted molar refractivity (Wildman–Crippen MR) is 203 cm³/mol. The van der Waals surface area contributed by atoms with Crippen LogP contribution in [0, 0.1) is 46.3 Å². The fraction of sp³-hybridized carbons (Fsp3) is 0.600. The summed E-state index contributed by atoms with van der Waals surface area (Å²) in [6, 6.07) is 12.4. The van der Waals surface area contributed by atoms with Gasteiger partial charge in [0.25, 0.3) is 0 Å². The number of carbonyl (C=O) groups excluding carboxylic acids is 1. The highest BCUT2D eigenvalue weighted by atomic mass is 16.6. The van der Waals surface area contributed by atoms with Crippen LogP contribution in [0.15, 0.2) is 69.6 Å². The van der Waals surface area contributed by atoms with Crippen LogP contribution in [0.5, 0.6) is 11.5 Å². The molecule has 4 aliphatic rings. The monoisotopic (exact) mass is 694 g/mol. The molecule has 0 radical (unpaired) electrons. The summed E-state index contributed by atoms with van der Waals surface area (Å²) in [4.78, 5) is 26.3. The first-order chi connectivity index (χ1) is 24.5. The maximum absolute atomic E-state index is 13.3. The van der Waals surface area contributed by atoms with Gasteiger partial charge in [0, 0.05) is 18.1 Å². The van der Waals surface area contributed by atoms with E-state index in [0.717, 1.165) is 54.8 Å². The van der Waals surface area contributed by atoms with E-state index in [1.807, 2.05) is 24.3 Å². The molecule has 2 aromatic carbocycles. The van der Waals surface area contributed by atoms with E-state index in [4.69, 9.17) is 18.6 Å². The van der Waals surface area contributed by atoms with Gasteiger partial charge in [0.2, 0.25) is 5.43 Å². The van der Waals surface area contributed by atoms with Crippen LogP contribution in [0.2, 0.25) is 0 Å². The van der Waals surface area contributed by atoms with Crippen LogP contribution in [-0.4, -0.2) is 25.8 Å². The molecule has 4 aliphatic carbocycles. The average molecular weight is 695 g/mol. The Bertz CT molecular complexity index is 1820. The van der Waals surface area contributed by atoms with Gasteiger partial charge < -0.3 is 18.6 Å². The van der Waals surface area contributed by atoms with Crippen molar-refractivity contribution >= 4 is 16.9 Å². The highest BCUT2D eigenvalue weighted by Gasteiger charge is 2.59. The van der Waals surface area contributed by atoms with E-state index in [2.05, 4.69) is 40.7 Å². The molecule has 3 fully saturated rings. The number of allylic oxidation sites excluding steroid dienone is 1. The minimum atomic E-state index is -0.362. The number of fused-ring (bicyclic) bond motifs is 6. The summed E-state index contributed by atoms with van der Waals surface area (Å²) in [6.45, 7) is 12.3. The number of ether oxygens (including phenoxy) is 3. The van der Waals surface area contributed by atoms with Crippen molar-refractivity contribution in [3.63, 3.8) is 0 Å². The third-order valence-electron chi connectivity index (χ3n) is 14.1. The highest BCUT2D eigenvalue weighted by molar-refractivity contribution is 5.84. The lowest BCUT2D eigenvalue weighted by Gasteiger charge is -2.58. The molecule has 6 heteroatoms. The first-order valence-electron chi connectivity index (χ1n) is 19.7. The van der Waals surface area contributed by atoms with E-state index in [9.17, 15) is 9.59 Å². The molecular formula is C45H58O6. The van der Waals surface area contributed by atoms with E-state index in [-0.39, 0.29) is 29.5 Å². The number of carbonyl (C=O) groups is 1. The third kappa shape index (κ3) is 6.77. The molecule has 3 saturated carbocycles. The van der Waals surface area contributed by atoms with E-state index >= 15 is 0 Å². The Morgan fingerprint density at radius 3 is 2.59 bits per heavy atom. The van der Waals surface area contributed by atoms with Gasteiger partial charge in [-0.05, 0) is 109 Å². The van der Waals surface area contributed by atoms with Crippen LogP contribution < -0.4 is 14.9 Å². The normalized spacial score (nSPS) is 30.6. The van der Waals surface area contributed by atoms with Gasteiger partial charge in [-0.1, -0.05) is 83.7 Å². The highest BCUT2D eigenvalue weighted by Crippen LogP contribution is 2.67. The van der Waals surface area contributed by atoms with E-state index in [1.54, 1.807) is 25.3 Å². The zero-order chi connectivity index (χ0) is 35.9. The second-order valence-electron chi connectivity index (χ2n) is 17.3. The summed E-state index contributed by atoms with van der Waals surface area (Å²) in [6.07, 6.45) is 17.6. The fourth-order valence-corrected chi connectivity index (χ4v) is 11.4. The summed E-state index contributed by atoms with van der Waals surface area (Å²) >= 11 is 0. The van der Waals surface area contributed by atoms with Gasteiger partial charge in [0.05, 0.1) is 18.1 Å². The maximum Gasteiger partial charge on any atom is 0.344 e. The first-order valence-corrected chi connectivity index (χ1v) is 19.7. The standard InChI is InChI=1S/C45H58O6/c1-28(2)10-9-11-29(3)37-18-19-38-34-16-14-30-24-32(20-22-44(30,4)39(34)21-23-45(37,38)5)51-42(46)27-49-31-15-17-35-41(25-31)50-26-36(43(35)47)33-12-7-8-13-40(33)48-6/h7-8,12-15,17,25-26,28-29,32,34,37-39H,9-11,16,18-24,27H2,1-6H3/t29-,32-,34+,37-,38+,39+,44+,45-/m1/s1. The van der Waals surface area contributed by atoms with Crippen molar-refractivity contribution in [1.82, 2.24) is 0 Å². The second kappa shape index (κ2) is 14.5. The lowest BCUT2D eigenvalue weighted by Crippen LogP contribution is -2.51. The molecule has 0 saturated heterocycles. The van der Waals surface area contributed by atoms with Crippen LogP contribution in [0.4, 0.5) is 0 Å². The maximum atomic E-state index is 13.3. The summed E-state index contributed by atoms with van der Waals surface area (Å²) in [5.41, 5.74) is 3.56. The van der Waals surface area contributed by atoms with Gasteiger partial charge in [-0.15, -0.1) is 0 Å². The van der Waals surface area contributed by atoms with Gasteiger partial charge in [-0.3, -0.25) is 4.79 Å². The van der Waals surface area contributed by atoms with Gasteiger partial charge in [-0.2, -0.15) is 0 Å². The Morgan fingerprint density at radius 1 is 0.961 bits per heavy atom. The lowest BCUT2D eigenvalue weighted by atomic mass is 9.47. The van der Waals surface area contributed by atoms with Crippen molar-refractivity contribution in [2.45, 2.75) is 111 Å². The van der Waals surface area contributed by atoms with Crippen molar-refractivity contribution in [2.24, 2.45) is 46.3 Å². The fourth-order valence-electron chi connectivity index (χ4n) is 11.4. The van der Waals surface area contributed by atoms with Crippen molar-refractivity contribution < 1.29 is 23.4 Å². The molecule has 0 N–H and O–H groups in total. The number of rotatable bonds is 11. The molecule has 6 nitrogen and oxygen atoms in total. The molecule has 0 aliphatic heterocycles. The third-order valence-corrected chi connectivity index (χ3v) is 14.1. The Labute approximate surface area is 304 Å². The van der Waals surface area contributed by atoms with E-state index in [1.165, 1.54) is 63.2 Å². The van der Waals surface area contributed by atoms with Crippen molar-refractivity contribution in [3.8, 4) is 22.6 Å². The zero-order valence-electron chi connectivity index (χ0n) is 31.7. The minimum absolute atomic E-state index is 0.114. The lowest BCUT2D eigenvalue weighted by molar-refractivity contribution is -0.153. The van der Waals surface area contributed by atoms with Crippen LogP contribution in [0.3, 0.4) is 0 Å². The molecule has 3 aromatic rings. The predicted octanol–water partition coefficient (Wildman–Crippen LogP) is 10.8. The average Bonchev–Trinajstić information content (AvgIpc) is 3.48. The molecule has 0 unspecified atom stereocenters. The molecule has 7 rings (SSSR count). The second-order valence-corrected chi connectivity index (χ2v) is 17.3. The van der Waals surface area contributed by atoms with E-state index < -0.39 is 0 Å². The minimum Gasteiger partial charge on any atom is -0.496 e. The summed E-state index contributed by atoms with van der Waals surface area (Å²) in [7, 11) is 1.58. The molecule has 1 heterocycles. The Morgan fingerprint density at radius 2 is 1.78 bits per heavy atom. The zero-order valence-corrected chi connectivity index (χ0v) is 31.7. The Kier molecular flexibility index (Phi) is 10.2. The van der Waals surface area contributed by atoms with Gasteiger partial charge in [0.1, 0.15) is 29.4 Å². The van der Waals surface area contributed by atoms with Crippen LogP contribution >= 0.6 is 0 Å². The molecule has 0 spiro atoms. The Balaban J connectivity index is 0.950. The smallest absolute Gasteiger partial charge is 0.344 e. The quantitative estimate of drug-likeness (QED) is 0.147. The molecule has 274 valence electrons. The number of para-hydroxylation sites is 1. The number of methoxy groups -OCH3 is 1. The summed E-state index contributed by atoms with van der Waals surface area (Å²) in [5, 5.41) is 0.434.